The number of anilines is 2. The number of barbiturate groups is 1. The normalized spacial score (nSPS) is 21.8. The van der Waals surface area contributed by atoms with Gasteiger partial charge in [0.2, 0.25) is 18.6 Å². The van der Waals surface area contributed by atoms with E-state index in [1.807, 2.05) is 36.4 Å². The summed E-state index contributed by atoms with van der Waals surface area (Å²) in [7, 11) is 0. The molecular weight excluding hydrogens is 497 g/mol. The number of hydrogen-bond acceptors (Lipinski definition) is 8. The van der Waals surface area contributed by atoms with Gasteiger partial charge in [-0.3, -0.25) is 25.1 Å². The van der Waals surface area contributed by atoms with E-state index in [1.54, 1.807) is 0 Å². The fourth-order valence-corrected chi connectivity index (χ4v) is 5.46. The van der Waals surface area contributed by atoms with Crippen LogP contribution in [-0.4, -0.2) is 55.2 Å². The Balaban J connectivity index is 0.00000144. The molecule has 4 amide bonds. The number of halogens is 2. The van der Waals surface area contributed by atoms with Gasteiger partial charge in [-0.2, -0.15) is 0 Å². The van der Waals surface area contributed by atoms with Crippen LogP contribution in [0.1, 0.15) is 11.1 Å². The summed E-state index contributed by atoms with van der Waals surface area (Å²) < 4.78 is 10.9. The van der Waals surface area contributed by atoms with Crippen molar-refractivity contribution in [1.29, 1.82) is 0 Å². The molecule has 1 atom stereocenters. The van der Waals surface area contributed by atoms with Crippen molar-refractivity contribution in [1.82, 2.24) is 15.5 Å². The highest BCUT2D eigenvalue weighted by Gasteiger charge is 2.60. The number of carbonyl (C=O) groups excluding carboxylic acids is 3. The summed E-state index contributed by atoms with van der Waals surface area (Å²) in [6.07, 6.45) is 0.178. The Morgan fingerprint density at radius 2 is 1.71 bits per heavy atom. The minimum absolute atomic E-state index is 0. The van der Waals surface area contributed by atoms with E-state index in [9.17, 15) is 14.4 Å². The van der Waals surface area contributed by atoms with Crippen molar-refractivity contribution in [2.75, 3.05) is 37.1 Å². The molecular formula is C23H25Cl2N5O5. The quantitative estimate of drug-likeness (QED) is 0.400. The first-order valence-electron chi connectivity index (χ1n) is 10.9. The minimum atomic E-state index is -1.43. The van der Waals surface area contributed by atoms with E-state index in [-0.39, 0.29) is 38.0 Å². The molecule has 35 heavy (non-hydrogen) atoms. The lowest BCUT2D eigenvalue weighted by molar-refractivity contribution is -0.147. The highest BCUT2D eigenvalue weighted by atomic mass is 35.5. The van der Waals surface area contributed by atoms with Crippen LogP contribution >= 0.6 is 24.8 Å². The van der Waals surface area contributed by atoms with E-state index in [4.69, 9.17) is 15.2 Å². The topological polar surface area (TPSA) is 126 Å². The van der Waals surface area contributed by atoms with Gasteiger partial charge in [-0.1, -0.05) is 6.07 Å². The average molecular weight is 522 g/mol. The molecule has 6 rings (SSSR count). The van der Waals surface area contributed by atoms with Gasteiger partial charge in [0.25, 0.3) is 0 Å². The first-order valence-corrected chi connectivity index (χ1v) is 10.9. The van der Waals surface area contributed by atoms with Crippen molar-refractivity contribution in [3.63, 3.8) is 0 Å². The third-order valence-corrected chi connectivity index (χ3v) is 7.02. The minimum Gasteiger partial charge on any atom is -0.454 e. The number of nitrogen functional groups attached to an aromatic ring is 1. The number of nitrogens with two attached hydrogens (primary N) is 1. The summed E-state index contributed by atoms with van der Waals surface area (Å²) in [4.78, 5) is 42.6. The van der Waals surface area contributed by atoms with E-state index in [0.29, 0.717) is 25.3 Å². The number of benzene rings is 2. The van der Waals surface area contributed by atoms with Gasteiger partial charge in [0, 0.05) is 37.6 Å². The summed E-state index contributed by atoms with van der Waals surface area (Å²) in [5.41, 5.74) is 8.00. The fraction of sp³-hybridized carbons (Fsp3) is 0.348. The lowest BCUT2D eigenvalue weighted by atomic mass is 9.68. The molecule has 0 saturated carbocycles. The molecule has 1 unspecified atom stereocenters. The second kappa shape index (κ2) is 9.10. The molecule has 0 radical (unpaired) electrons. The summed E-state index contributed by atoms with van der Waals surface area (Å²) in [5.74, 6) is 0.316. The molecule has 4 aliphatic heterocycles. The predicted molar refractivity (Wildman–Crippen MR) is 132 cm³/mol. The first-order chi connectivity index (χ1) is 15.9. The van der Waals surface area contributed by atoms with Crippen LogP contribution in [0, 0.1) is 5.41 Å². The number of nitrogens with zero attached hydrogens (tertiary/aromatic N) is 2. The second-order valence-corrected chi connectivity index (χ2v) is 8.91. The van der Waals surface area contributed by atoms with E-state index in [1.165, 1.54) is 0 Å². The van der Waals surface area contributed by atoms with Gasteiger partial charge in [0.05, 0.1) is 6.04 Å². The maximum atomic E-state index is 13.2. The van der Waals surface area contributed by atoms with Crippen molar-refractivity contribution in [2.24, 2.45) is 5.41 Å². The van der Waals surface area contributed by atoms with E-state index < -0.39 is 29.3 Å². The number of imide groups is 2. The largest absolute Gasteiger partial charge is 0.454 e. The predicted octanol–water partition coefficient (Wildman–Crippen LogP) is 1.44. The molecule has 4 aliphatic rings. The molecule has 186 valence electrons. The van der Waals surface area contributed by atoms with E-state index in [2.05, 4.69) is 20.4 Å². The highest BCUT2D eigenvalue weighted by Crippen LogP contribution is 2.45. The number of amides is 4. The van der Waals surface area contributed by atoms with Crippen molar-refractivity contribution >= 4 is 54.0 Å². The van der Waals surface area contributed by atoms with E-state index >= 15 is 0 Å². The van der Waals surface area contributed by atoms with Gasteiger partial charge in [0.1, 0.15) is 0 Å². The summed E-state index contributed by atoms with van der Waals surface area (Å²) >= 11 is 0. The van der Waals surface area contributed by atoms with Crippen LogP contribution in [0.2, 0.25) is 0 Å². The lowest BCUT2D eigenvalue weighted by Gasteiger charge is -2.54. The van der Waals surface area contributed by atoms with Crippen LogP contribution in [0.4, 0.5) is 16.2 Å². The number of piperazine rings is 1. The number of urea groups is 1. The molecule has 10 nitrogen and oxygen atoms in total. The number of fused-ring (bicyclic) bond motifs is 5. The first kappa shape index (κ1) is 24.9. The van der Waals surface area contributed by atoms with Crippen LogP contribution in [0.5, 0.6) is 11.5 Å². The van der Waals surface area contributed by atoms with Gasteiger partial charge in [-0.25, -0.2) is 4.79 Å². The molecule has 2 aromatic carbocycles. The average Bonchev–Trinajstić information content (AvgIpc) is 3.25. The van der Waals surface area contributed by atoms with Crippen molar-refractivity contribution in [3.8, 4) is 11.5 Å². The van der Waals surface area contributed by atoms with Crippen molar-refractivity contribution < 1.29 is 23.9 Å². The summed E-state index contributed by atoms with van der Waals surface area (Å²) in [5, 5.41) is 4.65. The molecule has 0 aliphatic carbocycles. The van der Waals surface area contributed by atoms with Gasteiger partial charge < -0.3 is 20.1 Å². The van der Waals surface area contributed by atoms with Gasteiger partial charge in [-0.05, 0) is 47.9 Å². The number of nitrogens with one attached hydrogen (secondary N) is 2. The Hall–Kier alpha value is -3.21. The van der Waals surface area contributed by atoms with Gasteiger partial charge >= 0.3 is 6.03 Å². The smallest absolute Gasteiger partial charge is 0.328 e. The molecule has 2 fully saturated rings. The maximum Gasteiger partial charge on any atom is 0.328 e. The number of carbonyl (C=O) groups is 3. The van der Waals surface area contributed by atoms with Crippen molar-refractivity contribution in [2.45, 2.75) is 19.0 Å². The number of rotatable bonds is 2. The third-order valence-electron chi connectivity index (χ3n) is 7.02. The number of hydrogen-bond donors (Lipinski definition) is 3. The molecule has 2 aromatic rings. The maximum absolute atomic E-state index is 13.2. The third kappa shape index (κ3) is 3.91. The lowest BCUT2D eigenvalue weighted by Crippen LogP contribution is -2.74. The molecule has 4 heterocycles. The zero-order valence-electron chi connectivity index (χ0n) is 18.6. The van der Waals surface area contributed by atoms with Crippen LogP contribution in [0.25, 0.3) is 0 Å². The molecule has 0 bridgehead atoms. The number of ether oxygens (including phenoxy) is 2. The molecule has 2 saturated heterocycles. The Morgan fingerprint density at radius 1 is 0.971 bits per heavy atom. The van der Waals surface area contributed by atoms with Gasteiger partial charge in [-0.15, -0.1) is 24.8 Å². The van der Waals surface area contributed by atoms with Crippen LogP contribution in [0.15, 0.2) is 36.4 Å². The monoisotopic (exact) mass is 521 g/mol. The Bertz CT molecular complexity index is 1190. The zero-order valence-corrected chi connectivity index (χ0v) is 20.2. The molecule has 4 N–H and O–H groups in total. The standard InChI is InChI=1S/C23H23N5O5.2ClH/c24-15-2-3-16-14(8-15)9-23(20(29)25-22(31)26-21(23)30)19-11-27(5-6-28(16)19)10-13-1-4-17-18(7-13)33-12-32-17;;/h1-4,7-8,19H,5-6,9-12,24H2,(H2,25,26,29,30,31);2*1H. The van der Waals surface area contributed by atoms with Crippen LogP contribution in [0.3, 0.4) is 0 Å². The highest BCUT2D eigenvalue weighted by molar-refractivity contribution is 6.20. The van der Waals surface area contributed by atoms with E-state index in [0.717, 1.165) is 34.9 Å². The Labute approximate surface area is 213 Å². The van der Waals surface area contributed by atoms with Crippen LogP contribution in [-0.2, 0) is 22.6 Å². The van der Waals surface area contributed by atoms with Crippen LogP contribution < -0.4 is 30.7 Å². The summed E-state index contributed by atoms with van der Waals surface area (Å²) in [6.45, 7) is 2.70. The molecule has 1 spiro atoms. The molecule has 12 heteroatoms. The SMILES string of the molecule is Cl.Cl.Nc1ccc2c(c1)CC1(C(=O)NC(=O)NC1=O)C1CN(Cc3ccc4c(c3)OCO4)CCN21. The Morgan fingerprint density at radius 3 is 2.49 bits per heavy atom. The fourth-order valence-electron chi connectivity index (χ4n) is 5.46. The second-order valence-electron chi connectivity index (χ2n) is 8.91. The summed E-state index contributed by atoms with van der Waals surface area (Å²) in [6, 6.07) is 10.2. The molecule has 0 aromatic heterocycles. The zero-order chi connectivity index (χ0) is 22.7. The Kier molecular flexibility index (Phi) is 6.48. The van der Waals surface area contributed by atoms with Gasteiger partial charge in [0.15, 0.2) is 16.9 Å². The van der Waals surface area contributed by atoms with Crippen molar-refractivity contribution in [3.05, 3.63) is 47.5 Å².